The average Bonchev–Trinajstić information content (AvgIpc) is 2.39. The second-order valence-electron chi connectivity index (χ2n) is 4.15. The molecule has 0 spiro atoms. The van der Waals surface area contributed by atoms with E-state index in [1.54, 1.807) is 30.3 Å². The van der Waals surface area contributed by atoms with Gasteiger partial charge in [0.2, 0.25) is 0 Å². The highest BCUT2D eigenvalue weighted by molar-refractivity contribution is 6.30. The first-order valence-corrected chi connectivity index (χ1v) is 6.48. The van der Waals surface area contributed by atoms with Gasteiger partial charge >= 0.3 is 0 Å². The van der Waals surface area contributed by atoms with Gasteiger partial charge in [-0.15, -0.1) is 0 Å². The lowest BCUT2D eigenvalue weighted by molar-refractivity contribution is 0.608. The molecular formula is C15H10Cl2FN. The molecule has 0 aliphatic heterocycles. The van der Waals surface area contributed by atoms with Crippen molar-refractivity contribution in [2.24, 2.45) is 0 Å². The van der Waals surface area contributed by atoms with Gasteiger partial charge in [0, 0.05) is 10.0 Å². The minimum absolute atomic E-state index is 0.319. The van der Waals surface area contributed by atoms with Crippen LogP contribution in [0.4, 0.5) is 4.39 Å². The van der Waals surface area contributed by atoms with Crippen molar-refractivity contribution in [1.29, 1.82) is 5.26 Å². The molecule has 0 atom stereocenters. The smallest absolute Gasteiger partial charge is 0.127 e. The molecule has 2 rings (SSSR count). The molecule has 0 radical (unpaired) electrons. The van der Waals surface area contributed by atoms with E-state index in [1.807, 2.05) is 0 Å². The van der Waals surface area contributed by atoms with Crippen molar-refractivity contribution in [2.75, 3.05) is 0 Å². The van der Waals surface area contributed by atoms with E-state index >= 15 is 0 Å². The molecule has 0 unspecified atom stereocenters. The van der Waals surface area contributed by atoms with Gasteiger partial charge in [-0.05, 0) is 48.2 Å². The van der Waals surface area contributed by atoms with Gasteiger partial charge in [0.05, 0.1) is 11.6 Å². The Morgan fingerprint density at radius 3 is 2.16 bits per heavy atom. The van der Waals surface area contributed by atoms with E-state index in [4.69, 9.17) is 28.5 Å². The van der Waals surface area contributed by atoms with Crippen LogP contribution in [-0.2, 0) is 12.8 Å². The summed E-state index contributed by atoms with van der Waals surface area (Å²) in [6.45, 7) is 0. The number of hydrogen-bond donors (Lipinski definition) is 0. The van der Waals surface area contributed by atoms with E-state index < -0.39 is 0 Å². The Bertz CT molecular complexity index is 647. The predicted molar refractivity (Wildman–Crippen MR) is 75.0 cm³/mol. The zero-order valence-electron chi connectivity index (χ0n) is 9.96. The summed E-state index contributed by atoms with van der Waals surface area (Å²) in [5.41, 5.74) is 1.98. The number of benzene rings is 2. The highest BCUT2D eigenvalue weighted by Crippen LogP contribution is 2.20. The predicted octanol–water partition coefficient (Wildman–Crippen LogP) is 4.79. The van der Waals surface area contributed by atoms with Crippen molar-refractivity contribution in [2.45, 2.75) is 12.8 Å². The molecule has 0 heterocycles. The van der Waals surface area contributed by atoms with Crippen LogP contribution < -0.4 is 0 Å². The zero-order chi connectivity index (χ0) is 13.8. The van der Waals surface area contributed by atoms with Crippen molar-refractivity contribution in [3.8, 4) is 6.07 Å². The number of nitrogens with zero attached hydrogens (tertiary/aromatic N) is 1. The number of nitriles is 1. The molecule has 0 saturated carbocycles. The van der Waals surface area contributed by atoms with E-state index in [0.717, 1.165) is 5.56 Å². The van der Waals surface area contributed by atoms with Crippen LogP contribution in [0.15, 0.2) is 36.4 Å². The Labute approximate surface area is 121 Å². The minimum Gasteiger partial charge on any atom is -0.207 e. The molecule has 0 N–H and O–H groups in total. The van der Waals surface area contributed by atoms with Gasteiger partial charge < -0.3 is 0 Å². The van der Waals surface area contributed by atoms with Gasteiger partial charge in [0.25, 0.3) is 0 Å². The van der Waals surface area contributed by atoms with Gasteiger partial charge in [-0.3, -0.25) is 0 Å². The van der Waals surface area contributed by atoms with Crippen molar-refractivity contribution in [3.05, 3.63) is 69.0 Å². The first-order valence-electron chi connectivity index (χ1n) is 5.72. The first kappa shape index (κ1) is 13.9. The van der Waals surface area contributed by atoms with E-state index in [-0.39, 0.29) is 5.82 Å². The standard InChI is InChI=1S/C15H10Cl2FN/c16-13-5-3-10(12(7-13)9-19)1-2-11-4-6-14(17)8-15(11)18/h3-8H,1-2H2. The third-order valence-corrected chi connectivity index (χ3v) is 3.34. The highest BCUT2D eigenvalue weighted by Gasteiger charge is 2.07. The molecular weight excluding hydrogens is 284 g/mol. The Morgan fingerprint density at radius 2 is 1.53 bits per heavy atom. The molecule has 2 aromatic carbocycles. The van der Waals surface area contributed by atoms with Gasteiger partial charge in [-0.2, -0.15) is 5.26 Å². The van der Waals surface area contributed by atoms with E-state index in [9.17, 15) is 4.39 Å². The quantitative estimate of drug-likeness (QED) is 0.798. The van der Waals surface area contributed by atoms with Gasteiger partial charge in [-0.1, -0.05) is 35.3 Å². The molecule has 0 aliphatic carbocycles. The molecule has 2 aromatic rings. The Kier molecular flexibility index (Phi) is 4.42. The van der Waals surface area contributed by atoms with E-state index in [2.05, 4.69) is 6.07 Å². The van der Waals surface area contributed by atoms with Crippen LogP contribution in [0.2, 0.25) is 10.0 Å². The maximum atomic E-state index is 13.6. The third kappa shape index (κ3) is 3.47. The molecule has 0 amide bonds. The van der Waals surface area contributed by atoms with Crippen LogP contribution in [0.3, 0.4) is 0 Å². The van der Waals surface area contributed by atoms with Crippen molar-refractivity contribution in [1.82, 2.24) is 0 Å². The number of rotatable bonds is 3. The average molecular weight is 294 g/mol. The molecule has 0 bridgehead atoms. The monoisotopic (exact) mass is 293 g/mol. The molecule has 0 fully saturated rings. The fourth-order valence-corrected chi connectivity index (χ4v) is 2.20. The largest absolute Gasteiger partial charge is 0.207 e. The maximum absolute atomic E-state index is 13.6. The summed E-state index contributed by atoms with van der Waals surface area (Å²) in [5.74, 6) is -0.319. The Balaban J connectivity index is 2.17. The molecule has 0 aliphatic rings. The van der Waals surface area contributed by atoms with Gasteiger partial charge in [-0.25, -0.2) is 4.39 Å². The molecule has 0 saturated heterocycles. The minimum atomic E-state index is -0.319. The fraction of sp³-hybridized carbons (Fsp3) is 0.133. The van der Waals surface area contributed by atoms with Crippen LogP contribution in [0.1, 0.15) is 16.7 Å². The van der Waals surface area contributed by atoms with Crippen molar-refractivity contribution in [3.63, 3.8) is 0 Å². The SMILES string of the molecule is N#Cc1cc(Cl)ccc1CCc1ccc(Cl)cc1F. The topological polar surface area (TPSA) is 23.8 Å². The summed E-state index contributed by atoms with van der Waals surface area (Å²) in [4.78, 5) is 0. The second kappa shape index (κ2) is 6.06. The first-order chi connectivity index (χ1) is 9.10. The number of aryl methyl sites for hydroxylation is 2. The van der Waals surface area contributed by atoms with Gasteiger partial charge in [0.1, 0.15) is 5.82 Å². The lowest BCUT2D eigenvalue weighted by atomic mass is 10.0. The molecule has 1 nitrogen and oxygen atoms in total. The summed E-state index contributed by atoms with van der Waals surface area (Å²) in [6.07, 6.45) is 1.10. The third-order valence-electron chi connectivity index (χ3n) is 2.87. The number of halogens is 3. The summed E-state index contributed by atoms with van der Waals surface area (Å²) >= 11 is 11.5. The van der Waals surface area contributed by atoms with Gasteiger partial charge in [0.15, 0.2) is 0 Å². The zero-order valence-corrected chi connectivity index (χ0v) is 11.5. The van der Waals surface area contributed by atoms with Crippen LogP contribution in [0.5, 0.6) is 0 Å². The Morgan fingerprint density at radius 1 is 0.947 bits per heavy atom. The number of hydrogen-bond acceptors (Lipinski definition) is 1. The van der Waals surface area contributed by atoms with Crippen LogP contribution in [0.25, 0.3) is 0 Å². The summed E-state index contributed by atoms with van der Waals surface area (Å²) in [6, 6.07) is 11.9. The van der Waals surface area contributed by atoms with E-state index in [1.165, 1.54) is 6.07 Å². The van der Waals surface area contributed by atoms with Crippen molar-refractivity contribution < 1.29 is 4.39 Å². The van der Waals surface area contributed by atoms with Crippen molar-refractivity contribution >= 4 is 23.2 Å². The molecule has 0 aromatic heterocycles. The van der Waals surface area contributed by atoms with E-state index in [0.29, 0.717) is 34.0 Å². The summed E-state index contributed by atoms with van der Waals surface area (Å²) < 4.78 is 13.6. The summed E-state index contributed by atoms with van der Waals surface area (Å²) in [5, 5.41) is 9.94. The molecule has 4 heteroatoms. The maximum Gasteiger partial charge on any atom is 0.127 e. The molecule has 19 heavy (non-hydrogen) atoms. The lowest BCUT2D eigenvalue weighted by Crippen LogP contribution is -1.97. The van der Waals surface area contributed by atoms with Crippen LogP contribution >= 0.6 is 23.2 Å². The summed E-state index contributed by atoms with van der Waals surface area (Å²) in [7, 11) is 0. The molecule has 96 valence electrons. The normalized spacial score (nSPS) is 10.2. The van der Waals surface area contributed by atoms with Crippen LogP contribution in [0, 0.1) is 17.1 Å². The highest BCUT2D eigenvalue weighted by atomic mass is 35.5. The van der Waals surface area contributed by atoms with Crippen LogP contribution in [-0.4, -0.2) is 0 Å². The Hall–Kier alpha value is -1.56. The lowest BCUT2D eigenvalue weighted by Gasteiger charge is -2.06. The second-order valence-corrected chi connectivity index (χ2v) is 5.02. The fourth-order valence-electron chi connectivity index (χ4n) is 1.86.